The molecule has 0 amide bonds. The van der Waals surface area contributed by atoms with Gasteiger partial charge in [0.1, 0.15) is 0 Å². The van der Waals surface area contributed by atoms with E-state index in [0.717, 1.165) is 0 Å². The van der Waals surface area contributed by atoms with E-state index in [2.05, 4.69) is 35.6 Å². The lowest BCUT2D eigenvalue weighted by Gasteiger charge is -2.22. The van der Waals surface area contributed by atoms with Crippen LogP contribution in [-0.4, -0.2) is 6.04 Å². The van der Waals surface area contributed by atoms with Crippen LogP contribution in [0.2, 0.25) is 0 Å². The largest absolute Gasteiger partial charge is 0.374 e. The van der Waals surface area contributed by atoms with Gasteiger partial charge < -0.3 is 5.32 Å². The van der Waals surface area contributed by atoms with Gasteiger partial charge in [-0.15, -0.1) is 11.3 Å². The Labute approximate surface area is 100 Å². The predicted octanol–water partition coefficient (Wildman–Crippen LogP) is 4.65. The third-order valence-corrected chi connectivity index (χ3v) is 4.42. The monoisotopic (exact) mass is 231 g/mol. The highest BCUT2D eigenvalue weighted by molar-refractivity contribution is 7.22. The smallest absolute Gasteiger partial charge is 0.0897 e. The molecule has 1 nitrogen and oxygen atoms in total. The van der Waals surface area contributed by atoms with Crippen LogP contribution in [0.3, 0.4) is 0 Å². The molecule has 0 aliphatic heterocycles. The zero-order valence-electron chi connectivity index (χ0n) is 9.41. The first-order valence-corrected chi connectivity index (χ1v) is 6.98. The average molecular weight is 231 g/mol. The second kappa shape index (κ2) is 4.46. The Morgan fingerprint density at radius 2 is 1.88 bits per heavy atom. The molecule has 2 heteroatoms. The minimum absolute atomic E-state index is 0.710. The molecule has 0 saturated heterocycles. The van der Waals surface area contributed by atoms with Gasteiger partial charge in [-0.05, 0) is 30.4 Å². The summed E-state index contributed by atoms with van der Waals surface area (Å²) in [5.41, 5.74) is 0. The number of hydrogen-bond acceptors (Lipinski definition) is 2. The second-order valence-corrected chi connectivity index (χ2v) is 5.71. The third kappa shape index (κ3) is 2.07. The molecule has 1 N–H and O–H groups in total. The van der Waals surface area contributed by atoms with Crippen molar-refractivity contribution in [3.05, 3.63) is 30.3 Å². The summed E-state index contributed by atoms with van der Waals surface area (Å²) in [4.78, 5) is 0. The van der Waals surface area contributed by atoms with Crippen LogP contribution >= 0.6 is 11.3 Å². The summed E-state index contributed by atoms with van der Waals surface area (Å²) in [6, 6.07) is 11.6. The SMILES string of the molecule is c1ccc2sc(NC3CCCCC3)cc2c1. The first kappa shape index (κ1) is 10.2. The molecular formula is C14H17NS. The maximum atomic E-state index is 3.69. The Hall–Kier alpha value is -1.02. The fraction of sp³-hybridized carbons (Fsp3) is 0.429. The summed E-state index contributed by atoms with van der Waals surface area (Å²) in [5.74, 6) is 0. The van der Waals surface area contributed by atoms with Crippen LogP contribution in [0.4, 0.5) is 5.00 Å². The summed E-state index contributed by atoms with van der Waals surface area (Å²) in [6.07, 6.45) is 6.89. The van der Waals surface area contributed by atoms with E-state index in [1.165, 1.54) is 47.2 Å². The van der Waals surface area contributed by atoms with Crippen molar-refractivity contribution < 1.29 is 0 Å². The molecule has 2 aromatic rings. The van der Waals surface area contributed by atoms with Gasteiger partial charge in [0.05, 0.1) is 5.00 Å². The van der Waals surface area contributed by atoms with Gasteiger partial charge in [-0.25, -0.2) is 0 Å². The van der Waals surface area contributed by atoms with Crippen LogP contribution in [0.25, 0.3) is 10.1 Å². The quantitative estimate of drug-likeness (QED) is 0.793. The van der Waals surface area contributed by atoms with Crippen LogP contribution in [-0.2, 0) is 0 Å². The predicted molar refractivity (Wildman–Crippen MR) is 72.3 cm³/mol. The van der Waals surface area contributed by atoms with Crippen LogP contribution in [0.1, 0.15) is 32.1 Å². The first-order chi connectivity index (χ1) is 7.92. The van der Waals surface area contributed by atoms with Crippen molar-refractivity contribution in [2.24, 2.45) is 0 Å². The number of anilines is 1. The van der Waals surface area contributed by atoms with Gasteiger partial charge >= 0.3 is 0 Å². The van der Waals surface area contributed by atoms with E-state index in [9.17, 15) is 0 Å². The van der Waals surface area contributed by atoms with Crippen molar-refractivity contribution in [1.29, 1.82) is 0 Å². The summed E-state index contributed by atoms with van der Waals surface area (Å²) < 4.78 is 1.39. The molecule has 3 rings (SSSR count). The number of nitrogens with one attached hydrogen (secondary N) is 1. The average Bonchev–Trinajstić information content (AvgIpc) is 2.72. The highest BCUT2D eigenvalue weighted by Gasteiger charge is 2.13. The van der Waals surface area contributed by atoms with Crippen LogP contribution < -0.4 is 5.32 Å². The molecule has 84 valence electrons. The molecule has 16 heavy (non-hydrogen) atoms. The summed E-state index contributed by atoms with van der Waals surface area (Å²) >= 11 is 1.88. The van der Waals surface area contributed by atoms with E-state index in [4.69, 9.17) is 0 Å². The fourth-order valence-corrected chi connectivity index (χ4v) is 3.54. The highest BCUT2D eigenvalue weighted by atomic mass is 32.1. The Morgan fingerprint density at radius 3 is 2.69 bits per heavy atom. The molecule has 1 saturated carbocycles. The van der Waals surface area contributed by atoms with Crippen molar-refractivity contribution >= 4 is 26.4 Å². The molecule has 1 aromatic carbocycles. The van der Waals surface area contributed by atoms with Crippen LogP contribution in [0, 0.1) is 0 Å². The van der Waals surface area contributed by atoms with Gasteiger partial charge in [-0.2, -0.15) is 0 Å². The first-order valence-electron chi connectivity index (χ1n) is 6.17. The summed E-state index contributed by atoms with van der Waals surface area (Å²) in [5, 5.41) is 6.40. The van der Waals surface area contributed by atoms with E-state index in [0.29, 0.717) is 6.04 Å². The molecule has 1 heterocycles. The Morgan fingerprint density at radius 1 is 1.06 bits per heavy atom. The van der Waals surface area contributed by atoms with Gasteiger partial charge in [-0.3, -0.25) is 0 Å². The highest BCUT2D eigenvalue weighted by Crippen LogP contribution is 2.31. The van der Waals surface area contributed by atoms with Crippen molar-refractivity contribution in [3.8, 4) is 0 Å². The minimum atomic E-state index is 0.710. The zero-order chi connectivity index (χ0) is 10.8. The van der Waals surface area contributed by atoms with Gasteiger partial charge in [0.15, 0.2) is 0 Å². The summed E-state index contributed by atoms with van der Waals surface area (Å²) in [7, 11) is 0. The van der Waals surface area contributed by atoms with E-state index < -0.39 is 0 Å². The van der Waals surface area contributed by atoms with E-state index in [1.807, 2.05) is 11.3 Å². The van der Waals surface area contributed by atoms with Crippen molar-refractivity contribution in [1.82, 2.24) is 0 Å². The molecule has 1 aliphatic rings. The van der Waals surface area contributed by atoms with Gasteiger partial charge in [0, 0.05) is 10.7 Å². The number of fused-ring (bicyclic) bond motifs is 1. The molecule has 0 bridgehead atoms. The normalized spacial score (nSPS) is 17.8. The molecule has 1 aliphatic carbocycles. The van der Waals surface area contributed by atoms with Gasteiger partial charge in [-0.1, -0.05) is 37.5 Å². The van der Waals surface area contributed by atoms with Crippen molar-refractivity contribution in [2.45, 2.75) is 38.1 Å². The maximum Gasteiger partial charge on any atom is 0.0897 e. The molecule has 1 fully saturated rings. The number of hydrogen-bond donors (Lipinski definition) is 1. The fourth-order valence-electron chi connectivity index (χ4n) is 2.50. The third-order valence-electron chi connectivity index (χ3n) is 3.38. The van der Waals surface area contributed by atoms with E-state index in [-0.39, 0.29) is 0 Å². The molecule has 1 aromatic heterocycles. The van der Waals surface area contributed by atoms with E-state index >= 15 is 0 Å². The Kier molecular flexibility index (Phi) is 2.83. The topological polar surface area (TPSA) is 12.0 Å². The number of benzene rings is 1. The maximum absolute atomic E-state index is 3.69. The lowest BCUT2D eigenvalue weighted by molar-refractivity contribution is 0.463. The summed E-state index contributed by atoms with van der Waals surface area (Å²) in [6.45, 7) is 0. The van der Waals surface area contributed by atoms with Gasteiger partial charge in [0.25, 0.3) is 0 Å². The molecule has 0 radical (unpaired) electrons. The van der Waals surface area contributed by atoms with Crippen molar-refractivity contribution in [3.63, 3.8) is 0 Å². The lowest BCUT2D eigenvalue weighted by Crippen LogP contribution is -2.21. The number of thiophene rings is 1. The molecule has 0 atom stereocenters. The second-order valence-electron chi connectivity index (χ2n) is 4.63. The van der Waals surface area contributed by atoms with Crippen LogP contribution in [0.15, 0.2) is 30.3 Å². The molecule has 0 spiro atoms. The minimum Gasteiger partial charge on any atom is -0.374 e. The molecule has 0 unspecified atom stereocenters. The van der Waals surface area contributed by atoms with Crippen LogP contribution in [0.5, 0.6) is 0 Å². The number of rotatable bonds is 2. The van der Waals surface area contributed by atoms with E-state index in [1.54, 1.807) is 0 Å². The lowest BCUT2D eigenvalue weighted by atomic mass is 9.96. The van der Waals surface area contributed by atoms with Gasteiger partial charge in [0.2, 0.25) is 0 Å². The Balaban J connectivity index is 1.78. The molecular weight excluding hydrogens is 214 g/mol. The zero-order valence-corrected chi connectivity index (χ0v) is 10.2. The van der Waals surface area contributed by atoms with Crippen molar-refractivity contribution in [2.75, 3.05) is 5.32 Å². The Bertz CT molecular complexity index is 435. The standard InChI is InChI=1S/C14H17NS/c1-2-7-12(8-3-1)15-14-10-11-6-4-5-9-13(11)16-14/h4-6,9-10,12,15H,1-3,7-8H2.